The second kappa shape index (κ2) is 7.70. The number of nitrogens with zero attached hydrogens (tertiary/aromatic N) is 2. The van der Waals surface area contributed by atoms with Crippen LogP contribution < -0.4 is 5.32 Å². The molecule has 1 saturated heterocycles. The number of fused-ring (bicyclic) bond motifs is 1. The van der Waals surface area contributed by atoms with Gasteiger partial charge in [-0.1, -0.05) is 25.0 Å². The van der Waals surface area contributed by atoms with Gasteiger partial charge in [0.05, 0.1) is 11.4 Å². The van der Waals surface area contributed by atoms with Crippen LogP contribution in [0.4, 0.5) is 5.69 Å². The van der Waals surface area contributed by atoms with Gasteiger partial charge in [-0.2, -0.15) is 4.31 Å². The van der Waals surface area contributed by atoms with E-state index in [1.54, 1.807) is 28.6 Å². The fraction of sp³-hybridized carbons (Fsp3) is 0.350. The molecule has 2 aromatic carbocycles. The Bertz CT molecular complexity index is 971. The smallest absolute Gasteiger partial charge is 0.243 e. The van der Waals surface area contributed by atoms with Crippen molar-refractivity contribution in [2.45, 2.75) is 37.1 Å². The molecule has 3 aromatic rings. The van der Waals surface area contributed by atoms with E-state index in [0.29, 0.717) is 30.4 Å². The lowest BCUT2D eigenvalue weighted by atomic mass is 10.2. The highest BCUT2D eigenvalue weighted by molar-refractivity contribution is 7.89. The number of para-hydroxylation sites is 2. The molecule has 0 saturated carbocycles. The highest BCUT2D eigenvalue weighted by Crippen LogP contribution is 2.22. The third-order valence-corrected chi connectivity index (χ3v) is 6.75. The first-order chi connectivity index (χ1) is 13.1. The molecule has 1 N–H and O–H groups in total. The van der Waals surface area contributed by atoms with Crippen LogP contribution in [0.5, 0.6) is 0 Å². The highest BCUT2D eigenvalue weighted by Gasteiger charge is 2.24. The fourth-order valence-corrected chi connectivity index (χ4v) is 4.87. The molecular formula is C20H23N3O3S. The Morgan fingerprint density at radius 1 is 0.963 bits per heavy atom. The second-order valence-corrected chi connectivity index (χ2v) is 8.71. The van der Waals surface area contributed by atoms with Crippen molar-refractivity contribution in [3.05, 3.63) is 54.4 Å². The molecule has 0 aliphatic carbocycles. The summed E-state index contributed by atoms with van der Waals surface area (Å²) in [5.74, 6) is 0.595. The number of hydrogen-bond acceptors (Lipinski definition) is 5. The van der Waals surface area contributed by atoms with Gasteiger partial charge in [0.15, 0.2) is 5.58 Å². The summed E-state index contributed by atoms with van der Waals surface area (Å²) in [6, 6.07) is 14.5. The van der Waals surface area contributed by atoms with Crippen LogP contribution >= 0.6 is 0 Å². The van der Waals surface area contributed by atoms with Crippen LogP contribution in [0.15, 0.2) is 57.8 Å². The minimum Gasteiger partial charge on any atom is -0.439 e. The molecule has 142 valence electrons. The van der Waals surface area contributed by atoms with Gasteiger partial charge in [-0.05, 0) is 49.2 Å². The summed E-state index contributed by atoms with van der Waals surface area (Å²) in [6.07, 6.45) is 4.07. The van der Waals surface area contributed by atoms with E-state index in [1.165, 1.54) is 0 Å². The molecule has 2 heterocycles. The molecule has 27 heavy (non-hydrogen) atoms. The molecule has 0 amide bonds. The normalized spacial score (nSPS) is 16.3. The number of nitrogens with one attached hydrogen (secondary N) is 1. The van der Waals surface area contributed by atoms with E-state index in [-0.39, 0.29) is 0 Å². The number of anilines is 1. The van der Waals surface area contributed by atoms with Crippen molar-refractivity contribution < 1.29 is 12.8 Å². The maximum atomic E-state index is 12.8. The minimum atomic E-state index is -3.41. The summed E-state index contributed by atoms with van der Waals surface area (Å²) < 4.78 is 32.9. The van der Waals surface area contributed by atoms with Crippen LogP contribution in [-0.4, -0.2) is 30.8 Å². The van der Waals surface area contributed by atoms with Crippen molar-refractivity contribution in [1.29, 1.82) is 0 Å². The van der Waals surface area contributed by atoms with Crippen molar-refractivity contribution in [1.82, 2.24) is 9.29 Å². The molecule has 0 atom stereocenters. The van der Waals surface area contributed by atoms with Crippen molar-refractivity contribution >= 4 is 26.8 Å². The molecular weight excluding hydrogens is 362 g/mol. The van der Waals surface area contributed by atoms with Gasteiger partial charge in [-0.15, -0.1) is 0 Å². The lowest BCUT2D eigenvalue weighted by Crippen LogP contribution is -2.31. The largest absolute Gasteiger partial charge is 0.439 e. The first kappa shape index (κ1) is 18.0. The second-order valence-electron chi connectivity index (χ2n) is 6.77. The Morgan fingerprint density at radius 2 is 1.67 bits per heavy atom. The predicted molar refractivity (Wildman–Crippen MR) is 105 cm³/mol. The van der Waals surface area contributed by atoms with Crippen LogP contribution in [0.2, 0.25) is 0 Å². The number of rotatable bonds is 5. The van der Waals surface area contributed by atoms with Gasteiger partial charge in [-0.25, -0.2) is 13.4 Å². The van der Waals surface area contributed by atoms with Crippen LogP contribution in [0.25, 0.3) is 11.1 Å². The topological polar surface area (TPSA) is 75.4 Å². The molecule has 7 heteroatoms. The summed E-state index contributed by atoms with van der Waals surface area (Å²) in [7, 11) is -3.41. The lowest BCUT2D eigenvalue weighted by Gasteiger charge is -2.20. The zero-order chi connectivity index (χ0) is 18.7. The van der Waals surface area contributed by atoms with Gasteiger partial charge in [0, 0.05) is 18.8 Å². The summed E-state index contributed by atoms with van der Waals surface area (Å²) >= 11 is 0. The average molecular weight is 385 g/mol. The molecule has 0 unspecified atom stereocenters. The van der Waals surface area contributed by atoms with Crippen LogP contribution in [0.1, 0.15) is 31.6 Å². The van der Waals surface area contributed by atoms with E-state index in [4.69, 9.17) is 4.42 Å². The van der Waals surface area contributed by atoms with Crippen molar-refractivity contribution in [3.8, 4) is 0 Å². The summed E-state index contributed by atoms with van der Waals surface area (Å²) in [5, 5.41) is 3.23. The number of hydrogen-bond donors (Lipinski definition) is 1. The molecule has 1 aliphatic rings. The van der Waals surface area contributed by atoms with Gasteiger partial charge in [0.2, 0.25) is 15.9 Å². The zero-order valence-corrected chi connectivity index (χ0v) is 15.9. The van der Waals surface area contributed by atoms with Crippen LogP contribution in [0, 0.1) is 0 Å². The van der Waals surface area contributed by atoms with E-state index < -0.39 is 10.0 Å². The maximum absolute atomic E-state index is 12.8. The van der Waals surface area contributed by atoms with Gasteiger partial charge >= 0.3 is 0 Å². The quantitative estimate of drug-likeness (QED) is 0.718. The third-order valence-electron chi connectivity index (χ3n) is 4.84. The van der Waals surface area contributed by atoms with E-state index in [1.807, 2.05) is 24.3 Å². The Kier molecular flexibility index (Phi) is 5.13. The van der Waals surface area contributed by atoms with Gasteiger partial charge < -0.3 is 9.73 Å². The number of benzene rings is 2. The van der Waals surface area contributed by atoms with Crippen molar-refractivity contribution in [3.63, 3.8) is 0 Å². The number of sulfonamides is 1. The maximum Gasteiger partial charge on any atom is 0.243 e. The molecule has 6 nitrogen and oxygen atoms in total. The van der Waals surface area contributed by atoms with Crippen molar-refractivity contribution in [2.24, 2.45) is 0 Å². The minimum absolute atomic E-state index is 0.344. The zero-order valence-electron chi connectivity index (χ0n) is 15.1. The summed E-state index contributed by atoms with van der Waals surface area (Å²) in [4.78, 5) is 4.77. The Balaban J connectivity index is 1.43. The SMILES string of the molecule is O=S(=O)(c1ccc(NCc2nc3ccccc3o2)cc1)N1CCCCCC1. The van der Waals surface area contributed by atoms with Crippen LogP contribution in [-0.2, 0) is 16.6 Å². The van der Waals surface area contributed by atoms with E-state index in [0.717, 1.165) is 42.5 Å². The van der Waals surface area contributed by atoms with E-state index in [2.05, 4.69) is 10.3 Å². The number of oxazole rings is 1. The van der Waals surface area contributed by atoms with E-state index >= 15 is 0 Å². The summed E-state index contributed by atoms with van der Waals surface area (Å²) in [6.45, 7) is 1.66. The van der Waals surface area contributed by atoms with Gasteiger partial charge in [-0.3, -0.25) is 0 Å². The van der Waals surface area contributed by atoms with Crippen LogP contribution in [0.3, 0.4) is 0 Å². The van der Waals surface area contributed by atoms with Gasteiger partial charge in [0.1, 0.15) is 5.52 Å². The van der Waals surface area contributed by atoms with Crippen molar-refractivity contribution in [2.75, 3.05) is 18.4 Å². The lowest BCUT2D eigenvalue weighted by molar-refractivity contribution is 0.424. The van der Waals surface area contributed by atoms with E-state index in [9.17, 15) is 8.42 Å². The molecule has 4 rings (SSSR count). The highest BCUT2D eigenvalue weighted by atomic mass is 32.2. The predicted octanol–water partition coefficient (Wildman–Crippen LogP) is 4.00. The van der Waals surface area contributed by atoms with Gasteiger partial charge in [0.25, 0.3) is 0 Å². The standard InChI is InChI=1S/C20H23N3O3S/c24-27(25,23-13-5-1-2-6-14-23)17-11-9-16(10-12-17)21-15-20-22-18-7-3-4-8-19(18)26-20/h3-4,7-12,21H,1-2,5-6,13-15H2. The summed E-state index contributed by atoms with van der Waals surface area (Å²) in [5.41, 5.74) is 2.41. The Hall–Kier alpha value is -2.38. The Morgan fingerprint density at radius 3 is 2.37 bits per heavy atom. The molecule has 1 aromatic heterocycles. The Labute approximate surface area is 159 Å². The molecule has 1 fully saturated rings. The molecule has 0 bridgehead atoms. The third kappa shape index (κ3) is 3.99. The number of aromatic nitrogens is 1. The first-order valence-electron chi connectivity index (χ1n) is 9.31. The average Bonchev–Trinajstić information content (AvgIpc) is 2.89. The molecule has 1 aliphatic heterocycles. The fourth-order valence-electron chi connectivity index (χ4n) is 3.35. The molecule has 0 spiro atoms. The monoisotopic (exact) mass is 385 g/mol. The first-order valence-corrected chi connectivity index (χ1v) is 10.8. The molecule has 0 radical (unpaired) electrons.